The third-order valence-electron chi connectivity index (χ3n) is 3.15. The second kappa shape index (κ2) is 8.13. The lowest BCUT2D eigenvalue weighted by Crippen LogP contribution is -2.13. The second-order valence-electron chi connectivity index (χ2n) is 4.77. The van der Waals surface area contributed by atoms with E-state index in [-0.39, 0.29) is 43.4 Å². The quantitative estimate of drug-likeness (QED) is 0.567. The summed E-state index contributed by atoms with van der Waals surface area (Å²) in [5.74, 6) is -0.840. The monoisotopic (exact) mass is 396 g/mol. The van der Waals surface area contributed by atoms with Crippen molar-refractivity contribution >= 4 is 52.5 Å². The summed E-state index contributed by atoms with van der Waals surface area (Å²) in [5.41, 5.74) is 0.150. The fourth-order valence-electron chi connectivity index (χ4n) is 1.95. The molecule has 0 spiro atoms. The number of halogens is 3. The van der Waals surface area contributed by atoms with Gasteiger partial charge >= 0.3 is 0 Å². The summed E-state index contributed by atoms with van der Waals surface area (Å²) in [7, 11) is 1.36. The molecule has 0 bridgehead atoms. The van der Waals surface area contributed by atoms with E-state index in [0.29, 0.717) is 0 Å². The molecule has 8 heteroatoms. The molecule has 0 heterocycles. The third kappa shape index (κ3) is 4.37. The van der Waals surface area contributed by atoms with E-state index in [1.165, 1.54) is 25.3 Å². The van der Waals surface area contributed by atoms with Crippen LogP contribution in [-0.2, 0) is 4.79 Å². The van der Waals surface area contributed by atoms with E-state index in [1.54, 1.807) is 24.3 Å². The number of carbonyl (C=O) groups excluding carboxylic acids is 1. The Bertz CT molecular complexity index is 905. The van der Waals surface area contributed by atoms with Crippen molar-refractivity contribution in [1.29, 1.82) is 5.26 Å². The van der Waals surface area contributed by atoms with Crippen LogP contribution in [0.25, 0.3) is 6.08 Å². The molecule has 2 rings (SSSR count). The van der Waals surface area contributed by atoms with Crippen molar-refractivity contribution in [2.24, 2.45) is 0 Å². The zero-order valence-electron chi connectivity index (χ0n) is 12.8. The number of nitrogens with one attached hydrogen (secondary N) is 1. The minimum Gasteiger partial charge on any atom is -0.504 e. The van der Waals surface area contributed by atoms with Crippen LogP contribution in [-0.4, -0.2) is 18.1 Å². The van der Waals surface area contributed by atoms with E-state index in [2.05, 4.69) is 5.32 Å². The zero-order valence-corrected chi connectivity index (χ0v) is 15.1. The van der Waals surface area contributed by atoms with Gasteiger partial charge in [0.05, 0.1) is 22.8 Å². The Balaban J connectivity index is 2.38. The highest BCUT2D eigenvalue weighted by Gasteiger charge is 2.15. The molecule has 0 aromatic heterocycles. The van der Waals surface area contributed by atoms with Gasteiger partial charge in [-0.3, -0.25) is 4.79 Å². The minimum absolute atomic E-state index is 0.120. The van der Waals surface area contributed by atoms with Crippen LogP contribution in [0.15, 0.2) is 35.9 Å². The minimum atomic E-state index is -0.718. The molecule has 2 N–H and O–H groups in total. The molecule has 0 atom stereocenters. The van der Waals surface area contributed by atoms with Crippen LogP contribution in [0.2, 0.25) is 15.1 Å². The van der Waals surface area contributed by atoms with Crippen molar-refractivity contribution in [2.45, 2.75) is 0 Å². The van der Waals surface area contributed by atoms with Gasteiger partial charge in [-0.1, -0.05) is 40.9 Å². The normalized spacial score (nSPS) is 10.9. The highest BCUT2D eigenvalue weighted by atomic mass is 35.5. The highest BCUT2D eigenvalue weighted by Crippen LogP contribution is 2.35. The number of ether oxygens (including phenoxy) is 1. The molecule has 5 nitrogen and oxygen atoms in total. The van der Waals surface area contributed by atoms with Gasteiger partial charge in [0.2, 0.25) is 0 Å². The molecule has 1 amide bonds. The fourth-order valence-corrected chi connectivity index (χ4v) is 2.52. The summed E-state index contributed by atoms with van der Waals surface area (Å²) >= 11 is 17.8. The largest absolute Gasteiger partial charge is 0.504 e. The molecule has 0 radical (unpaired) electrons. The molecule has 0 aliphatic rings. The molecule has 2 aromatic rings. The maximum Gasteiger partial charge on any atom is 0.266 e. The van der Waals surface area contributed by atoms with Gasteiger partial charge < -0.3 is 15.2 Å². The number of nitriles is 1. The van der Waals surface area contributed by atoms with Gasteiger partial charge in [-0.15, -0.1) is 0 Å². The topological polar surface area (TPSA) is 82.3 Å². The van der Waals surface area contributed by atoms with Gasteiger partial charge in [-0.2, -0.15) is 5.26 Å². The van der Waals surface area contributed by atoms with E-state index < -0.39 is 5.91 Å². The Morgan fingerprint density at radius 2 is 2.04 bits per heavy atom. The standard InChI is InChI=1S/C17H11Cl3N2O3/c1-25-14-7-11(18)6-9(16(14)23)5-10(8-21)17(24)22-13-4-2-3-12(19)15(13)20/h2-7,23H,1H3,(H,22,24). The first kappa shape index (κ1) is 18.9. The van der Waals surface area contributed by atoms with Crippen LogP contribution in [0.3, 0.4) is 0 Å². The smallest absolute Gasteiger partial charge is 0.266 e. The summed E-state index contributed by atoms with van der Waals surface area (Å²) in [6, 6.07) is 9.29. The molecule has 0 saturated carbocycles. The lowest BCUT2D eigenvalue weighted by Gasteiger charge is -2.09. The molecular weight excluding hydrogens is 387 g/mol. The first-order chi connectivity index (χ1) is 11.9. The van der Waals surface area contributed by atoms with Gasteiger partial charge in [0.15, 0.2) is 11.5 Å². The number of rotatable bonds is 4. The van der Waals surface area contributed by atoms with Crippen molar-refractivity contribution in [2.75, 3.05) is 12.4 Å². The van der Waals surface area contributed by atoms with Gasteiger partial charge in [0.1, 0.15) is 11.6 Å². The van der Waals surface area contributed by atoms with E-state index >= 15 is 0 Å². The average Bonchev–Trinajstić information content (AvgIpc) is 2.59. The maximum atomic E-state index is 12.3. The number of benzene rings is 2. The van der Waals surface area contributed by atoms with Crippen LogP contribution in [0.5, 0.6) is 11.5 Å². The second-order valence-corrected chi connectivity index (χ2v) is 5.99. The summed E-state index contributed by atoms with van der Waals surface area (Å²) in [6.07, 6.45) is 1.19. The van der Waals surface area contributed by atoms with E-state index in [4.69, 9.17) is 39.5 Å². The number of carbonyl (C=O) groups is 1. The molecule has 128 valence electrons. The van der Waals surface area contributed by atoms with Crippen molar-refractivity contribution in [1.82, 2.24) is 0 Å². The number of amides is 1. The summed E-state index contributed by atoms with van der Waals surface area (Å²) < 4.78 is 4.99. The Morgan fingerprint density at radius 3 is 2.68 bits per heavy atom. The number of hydrogen-bond donors (Lipinski definition) is 2. The first-order valence-corrected chi connectivity index (χ1v) is 7.94. The van der Waals surface area contributed by atoms with Crippen molar-refractivity contribution in [3.63, 3.8) is 0 Å². The first-order valence-electron chi connectivity index (χ1n) is 6.81. The van der Waals surface area contributed by atoms with E-state index in [0.717, 1.165) is 0 Å². The predicted molar refractivity (Wildman–Crippen MR) is 98.4 cm³/mol. The van der Waals surface area contributed by atoms with Crippen molar-refractivity contribution < 1.29 is 14.6 Å². The maximum absolute atomic E-state index is 12.3. The van der Waals surface area contributed by atoms with E-state index in [9.17, 15) is 15.2 Å². The van der Waals surface area contributed by atoms with Crippen LogP contribution < -0.4 is 10.1 Å². The molecule has 0 aliphatic carbocycles. The molecule has 2 aromatic carbocycles. The average molecular weight is 398 g/mol. The third-order valence-corrected chi connectivity index (χ3v) is 4.19. The summed E-state index contributed by atoms with van der Waals surface area (Å²) in [4.78, 5) is 12.3. The van der Waals surface area contributed by atoms with Crippen molar-refractivity contribution in [3.05, 3.63) is 56.5 Å². The lowest BCUT2D eigenvalue weighted by molar-refractivity contribution is -0.112. The molecular formula is C17H11Cl3N2O3. The number of methoxy groups -OCH3 is 1. The van der Waals surface area contributed by atoms with Gasteiger partial charge in [0.25, 0.3) is 5.91 Å². The number of nitrogens with zero attached hydrogens (tertiary/aromatic N) is 1. The number of hydrogen-bond acceptors (Lipinski definition) is 4. The lowest BCUT2D eigenvalue weighted by atomic mass is 10.1. The van der Waals surface area contributed by atoms with Crippen LogP contribution in [0, 0.1) is 11.3 Å². The van der Waals surface area contributed by atoms with Crippen molar-refractivity contribution in [3.8, 4) is 17.6 Å². The van der Waals surface area contributed by atoms with Crippen LogP contribution in [0.4, 0.5) is 5.69 Å². The number of phenolic OH excluding ortho intramolecular Hbond substituents is 1. The Labute approximate surface area is 159 Å². The SMILES string of the molecule is COc1cc(Cl)cc(C=C(C#N)C(=O)Nc2cccc(Cl)c2Cl)c1O. The molecule has 0 fully saturated rings. The zero-order chi connectivity index (χ0) is 18.6. The van der Waals surface area contributed by atoms with Crippen LogP contribution >= 0.6 is 34.8 Å². The Kier molecular flexibility index (Phi) is 6.16. The fraction of sp³-hybridized carbons (Fsp3) is 0.0588. The van der Waals surface area contributed by atoms with Gasteiger partial charge in [-0.05, 0) is 24.3 Å². The Morgan fingerprint density at radius 1 is 1.32 bits per heavy atom. The highest BCUT2D eigenvalue weighted by molar-refractivity contribution is 6.44. The molecule has 25 heavy (non-hydrogen) atoms. The molecule has 0 unspecified atom stereocenters. The Hall–Kier alpha value is -2.39. The number of phenols is 1. The summed E-state index contributed by atoms with van der Waals surface area (Å²) in [5, 5.41) is 22.5. The van der Waals surface area contributed by atoms with E-state index in [1.807, 2.05) is 0 Å². The molecule has 0 aliphatic heterocycles. The number of anilines is 1. The van der Waals surface area contributed by atoms with Gasteiger partial charge in [-0.25, -0.2) is 0 Å². The van der Waals surface area contributed by atoms with Gasteiger partial charge in [0, 0.05) is 16.7 Å². The number of aromatic hydroxyl groups is 1. The van der Waals surface area contributed by atoms with Crippen LogP contribution in [0.1, 0.15) is 5.56 Å². The molecule has 0 saturated heterocycles. The summed E-state index contributed by atoms with van der Waals surface area (Å²) in [6.45, 7) is 0. The predicted octanol–water partition coefficient (Wildman–Crippen LogP) is 4.91.